The van der Waals surface area contributed by atoms with Crippen LogP contribution in [0.5, 0.6) is 0 Å². The van der Waals surface area contributed by atoms with E-state index in [1.807, 2.05) is 23.6 Å². The van der Waals surface area contributed by atoms with Crippen LogP contribution in [0, 0.1) is 4.77 Å². The fraction of sp³-hybridized carbons (Fsp3) is 0.231. The molecular formula is C13H13N5OS. The molecule has 0 aromatic carbocycles. The van der Waals surface area contributed by atoms with Gasteiger partial charge in [0, 0.05) is 24.4 Å². The molecule has 3 aromatic heterocycles. The van der Waals surface area contributed by atoms with Gasteiger partial charge in [-0.2, -0.15) is 5.10 Å². The quantitative estimate of drug-likeness (QED) is 0.747. The Labute approximate surface area is 120 Å². The summed E-state index contributed by atoms with van der Waals surface area (Å²) in [5.74, 6) is 2.20. The second-order valence-electron chi connectivity index (χ2n) is 4.25. The van der Waals surface area contributed by atoms with Crippen LogP contribution in [0.3, 0.4) is 0 Å². The molecular weight excluding hydrogens is 274 g/mol. The van der Waals surface area contributed by atoms with Gasteiger partial charge in [-0.05, 0) is 24.4 Å². The summed E-state index contributed by atoms with van der Waals surface area (Å²) in [7, 11) is 0. The van der Waals surface area contributed by atoms with E-state index < -0.39 is 0 Å². The number of H-pyrrole nitrogens is 1. The van der Waals surface area contributed by atoms with E-state index in [1.54, 1.807) is 18.6 Å². The number of pyridine rings is 1. The molecule has 3 aromatic rings. The van der Waals surface area contributed by atoms with E-state index in [-0.39, 0.29) is 0 Å². The van der Waals surface area contributed by atoms with Crippen LogP contribution in [0.4, 0.5) is 0 Å². The highest BCUT2D eigenvalue weighted by atomic mass is 32.1. The second-order valence-corrected chi connectivity index (χ2v) is 4.64. The van der Waals surface area contributed by atoms with Crippen molar-refractivity contribution in [2.75, 3.05) is 0 Å². The first-order valence-corrected chi connectivity index (χ1v) is 6.68. The minimum absolute atomic E-state index is 0.444. The highest BCUT2D eigenvalue weighted by molar-refractivity contribution is 7.71. The molecule has 20 heavy (non-hydrogen) atoms. The molecule has 0 aliphatic rings. The Morgan fingerprint density at radius 1 is 1.40 bits per heavy atom. The van der Waals surface area contributed by atoms with Crippen molar-refractivity contribution >= 4 is 12.2 Å². The van der Waals surface area contributed by atoms with Gasteiger partial charge in [-0.25, -0.2) is 4.98 Å². The van der Waals surface area contributed by atoms with Crippen molar-refractivity contribution in [3.8, 4) is 11.4 Å². The monoisotopic (exact) mass is 287 g/mol. The maximum atomic E-state index is 5.62. The van der Waals surface area contributed by atoms with Gasteiger partial charge in [0.15, 0.2) is 10.6 Å². The molecule has 0 unspecified atom stereocenters. The lowest BCUT2D eigenvalue weighted by molar-refractivity contribution is 0.446. The van der Waals surface area contributed by atoms with Gasteiger partial charge in [0.05, 0.1) is 6.20 Å². The number of aromatic nitrogens is 5. The van der Waals surface area contributed by atoms with E-state index in [9.17, 15) is 0 Å². The number of oxazole rings is 1. The summed E-state index contributed by atoms with van der Waals surface area (Å²) in [6.45, 7) is 2.47. The molecule has 0 saturated carbocycles. The summed E-state index contributed by atoms with van der Waals surface area (Å²) in [4.78, 5) is 8.34. The van der Waals surface area contributed by atoms with Crippen LogP contribution in [0.1, 0.15) is 18.6 Å². The third-order valence-electron chi connectivity index (χ3n) is 2.92. The number of aryl methyl sites for hydroxylation is 1. The molecule has 0 bridgehead atoms. The summed E-state index contributed by atoms with van der Waals surface area (Å²) in [5, 5.41) is 7.04. The fourth-order valence-electron chi connectivity index (χ4n) is 1.90. The van der Waals surface area contributed by atoms with E-state index >= 15 is 0 Å². The number of aromatic amines is 1. The normalized spacial score (nSPS) is 10.8. The summed E-state index contributed by atoms with van der Waals surface area (Å²) >= 11 is 5.26. The van der Waals surface area contributed by atoms with Crippen LogP contribution < -0.4 is 0 Å². The van der Waals surface area contributed by atoms with Crippen LogP contribution >= 0.6 is 12.2 Å². The minimum atomic E-state index is 0.444. The van der Waals surface area contributed by atoms with Gasteiger partial charge >= 0.3 is 0 Å². The fourth-order valence-corrected chi connectivity index (χ4v) is 2.10. The lowest BCUT2D eigenvalue weighted by atomic mass is 10.3. The molecule has 0 atom stereocenters. The van der Waals surface area contributed by atoms with Crippen molar-refractivity contribution in [1.82, 2.24) is 24.7 Å². The van der Waals surface area contributed by atoms with Crippen molar-refractivity contribution in [3.05, 3.63) is 47.1 Å². The van der Waals surface area contributed by atoms with Crippen molar-refractivity contribution < 1.29 is 4.42 Å². The van der Waals surface area contributed by atoms with Gasteiger partial charge in [-0.15, -0.1) is 0 Å². The Kier molecular flexibility index (Phi) is 3.42. The van der Waals surface area contributed by atoms with Gasteiger partial charge in [0.1, 0.15) is 12.3 Å². The molecule has 0 aliphatic carbocycles. The molecule has 1 N–H and O–H groups in total. The van der Waals surface area contributed by atoms with E-state index in [4.69, 9.17) is 16.6 Å². The van der Waals surface area contributed by atoms with Crippen LogP contribution in [0.15, 0.2) is 35.1 Å². The third kappa shape index (κ3) is 2.39. The van der Waals surface area contributed by atoms with Gasteiger partial charge in [0.2, 0.25) is 5.89 Å². The third-order valence-corrected chi connectivity index (χ3v) is 3.23. The molecule has 3 rings (SSSR count). The van der Waals surface area contributed by atoms with Gasteiger partial charge in [0.25, 0.3) is 0 Å². The molecule has 0 spiro atoms. The first kappa shape index (κ1) is 12.7. The lowest BCUT2D eigenvalue weighted by Gasteiger charge is -2.03. The number of hydrogen-bond acceptors (Lipinski definition) is 5. The zero-order chi connectivity index (χ0) is 13.9. The van der Waals surface area contributed by atoms with E-state index in [1.165, 1.54) is 0 Å². The molecule has 3 heterocycles. The van der Waals surface area contributed by atoms with Gasteiger partial charge in [-0.3, -0.25) is 14.6 Å². The Bertz CT molecular complexity index is 758. The predicted molar refractivity (Wildman–Crippen MR) is 75.6 cm³/mol. The minimum Gasteiger partial charge on any atom is -0.444 e. The number of rotatable bonds is 4. The van der Waals surface area contributed by atoms with Crippen LogP contribution in [-0.4, -0.2) is 24.7 Å². The lowest BCUT2D eigenvalue weighted by Crippen LogP contribution is -2.02. The maximum Gasteiger partial charge on any atom is 0.214 e. The molecule has 0 fully saturated rings. The Morgan fingerprint density at radius 3 is 3.00 bits per heavy atom. The zero-order valence-corrected chi connectivity index (χ0v) is 11.7. The van der Waals surface area contributed by atoms with Crippen LogP contribution in [0.25, 0.3) is 11.4 Å². The molecule has 0 radical (unpaired) electrons. The molecule has 7 heteroatoms. The van der Waals surface area contributed by atoms with Crippen LogP contribution in [-0.2, 0) is 13.0 Å². The number of nitrogens with one attached hydrogen (secondary N) is 1. The smallest absolute Gasteiger partial charge is 0.214 e. The van der Waals surface area contributed by atoms with Crippen molar-refractivity contribution in [2.24, 2.45) is 0 Å². The summed E-state index contributed by atoms with van der Waals surface area (Å²) in [5.41, 5.74) is 0.891. The Balaban J connectivity index is 1.97. The summed E-state index contributed by atoms with van der Waals surface area (Å²) in [6, 6.07) is 3.79. The van der Waals surface area contributed by atoms with Gasteiger partial charge in [-0.1, -0.05) is 6.92 Å². The average Bonchev–Trinajstić information content (AvgIpc) is 3.08. The Hall–Kier alpha value is -2.28. The van der Waals surface area contributed by atoms with Crippen molar-refractivity contribution in [2.45, 2.75) is 19.9 Å². The predicted octanol–water partition coefficient (Wildman–Crippen LogP) is 2.60. The maximum absolute atomic E-state index is 5.62. The second kappa shape index (κ2) is 5.38. The zero-order valence-electron chi connectivity index (χ0n) is 10.9. The largest absolute Gasteiger partial charge is 0.444 e. The highest BCUT2D eigenvalue weighted by Gasteiger charge is 2.12. The van der Waals surface area contributed by atoms with Gasteiger partial charge < -0.3 is 4.42 Å². The van der Waals surface area contributed by atoms with E-state index in [2.05, 4.69) is 20.2 Å². The molecule has 102 valence electrons. The molecule has 0 amide bonds. The standard InChI is InChI=1S/C13H13N5OS/c1-2-10-7-15-11(19-10)8-18-12(16-17-13(18)20)9-4-3-5-14-6-9/h3-7H,2,8H2,1H3,(H,17,20). The SMILES string of the molecule is CCc1cnc(Cn2c(-c3cccnc3)n[nH]c2=S)o1. The first-order valence-electron chi connectivity index (χ1n) is 6.27. The molecule has 0 aliphatic heterocycles. The first-order chi connectivity index (χ1) is 9.78. The highest BCUT2D eigenvalue weighted by Crippen LogP contribution is 2.17. The Morgan fingerprint density at radius 2 is 2.30 bits per heavy atom. The summed E-state index contributed by atoms with van der Waals surface area (Å²) < 4.78 is 7.99. The molecule has 0 saturated heterocycles. The number of nitrogens with zero attached hydrogens (tertiary/aromatic N) is 4. The van der Waals surface area contributed by atoms with Crippen LogP contribution in [0.2, 0.25) is 0 Å². The van der Waals surface area contributed by atoms with E-state index in [0.29, 0.717) is 17.2 Å². The van der Waals surface area contributed by atoms with Crippen molar-refractivity contribution in [1.29, 1.82) is 0 Å². The molecule has 6 nitrogen and oxygen atoms in total. The van der Waals surface area contributed by atoms with E-state index in [0.717, 1.165) is 23.6 Å². The topological polar surface area (TPSA) is 72.5 Å². The average molecular weight is 287 g/mol. The summed E-state index contributed by atoms with van der Waals surface area (Å²) in [6.07, 6.45) is 6.02. The number of hydrogen-bond donors (Lipinski definition) is 1. The van der Waals surface area contributed by atoms with Crippen molar-refractivity contribution in [3.63, 3.8) is 0 Å².